The van der Waals surface area contributed by atoms with Gasteiger partial charge in [0.2, 0.25) is 5.91 Å². The summed E-state index contributed by atoms with van der Waals surface area (Å²) in [5.41, 5.74) is 2.75. The maximum atomic E-state index is 13.6. The number of piperidine rings is 1. The Morgan fingerprint density at radius 1 is 1.12 bits per heavy atom. The molecule has 0 bridgehead atoms. The molecule has 1 saturated carbocycles. The predicted molar refractivity (Wildman–Crippen MR) is 121 cm³/mol. The summed E-state index contributed by atoms with van der Waals surface area (Å²) in [4.78, 5) is 27.7. The van der Waals surface area contributed by atoms with Gasteiger partial charge in [-0.2, -0.15) is 5.10 Å². The fraction of sp³-hybridized carbons (Fsp3) is 0.625. The number of amides is 3. The minimum absolute atomic E-state index is 0.124. The van der Waals surface area contributed by atoms with Crippen molar-refractivity contribution in [1.82, 2.24) is 19.8 Å². The highest BCUT2D eigenvalue weighted by molar-refractivity contribution is 6.07. The molecule has 3 aliphatic rings. The van der Waals surface area contributed by atoms with Gasteiger partial charge < -0.3 is 4.90 Å². The van der Waals surface area contributed by atoms with Gasteiger partial charge in [0.05, 0.1) is 17.4 Å². The summed E-state index contributed by atoms with van der Waals surface area (Å²) >= 11 is 0. The number of nitrogens with one attached hydrogen (secondary N) is 1. The van der Waals surface area contributed by atoms with Crippen LogP contribution in [0.25, 0.3) is 5.52 Å². The van der Waals surface area contributed by atoms with Crippen molar-refractivity contribution in [2.24, 2.45) is 11.8 Å². The number of likely N-dealkylation sites (tertiary alicyclic amines) is 1. The number of carbonyl (C=O) groups excluding carboxylic acids is 2. The number of nitrogens with zero attached hydrogens (tertiary/aromatic N) is 4. The third-order valence-corrected chi connectivity index (χ3v) is 7.56. The first-order valence-corrected chi connectivity index (χ1v) is 12.0. The molecule has 4 heterocycles. The van der Waals surface area contributed by atoms with Crippen LogP contribution >= 0.6 is 0 Å². The highest BCUT2D eigenvalue weighted by atomic mass is 19.2. The summed E-state index contributed by atoms with van der Waals surface area (Å²) < 4.78 is 28.9. The number of aromatic nitrogens is 2. The van der Waals surface area contributed by atoms with E-state index in [0.29, 0.717) is 37.0 Å². The second-order valence-corrected chi connectivity index (χ2v) is 9.96. The lowest BCUT2D eigenvalue weighted by molar-refractivity contribution is -0.120. The van der Waals surface area contributed by atoms with Gasteiger partial charge in [-0.3, -0.25) is 15.0 Å². The molecule has 7 nitrogen and oxygen atoms in total. The van der Waals surface area contributed by atoms with Gasteiger partial charge in [-0.25, -0.2) is 18.1 Å². The Hall–Kier alpha value is -2.55. The Morgan fingerprint density at radius 3 is 2.64 bits per heavy atom. The molecule has 0 radical (unpaired) electrons. The number of anilines is 1. The topological polar surface area (TPSA) is 70.0 Å². The Bertz CT molecular complexity index is 1030. The minimum atomic E-state index is -1.29. The van der Waals surface area contributed by atoms with E-state index in [-0.39, 0.29) is 18.2 Å². The van der Waals surface area contributed by atoms with Crippen LogP contribution in [0.3, 0.4) is 0 Å². The van der Waals surface area contributed by atoms with Gasteiger partial charge >= 0.3 is 6.03 Å². The van der Waals surface area contributed by atoms with Crippen molar-refractivity contribution in [3.05, 3.63) is 30.1 Å². The van der Waals surface area contributed by atoms with Crippen LogP contribution in [0.1, 0.15) is 44.6 Å². The van der Waals surface area contributed by atoms with Gasteiger partial charge in [-0.1, -0.05) is 0 Å². The average Bonchev–Trinajstić information content (AvgIpc) is 3.32. The molecule has 0 aromatic carbocycles. The van der Waals surface area contributed by atoms with Crippen LogP contribution in [0, 0.1) is 11.8 Å². The molecule has 2 aliphatic heterocycles. The SMILES string of the molecule is C[C@H]1C[C@H](Cc2ccn3ncc(N4CCC(=O)NC4=O)c3c2)CCN1CC1C[C@@H](F)[C@@H](F)C1. The van der Waals surface area contributed by atoms with E-state index in [2.05, 4.69) is 34.4 Å². The van der Waals surface area contributed by atoms with E-state index >= 15 is 0 Å². The lowest BCUT2D eigenvalue weighted by Gasteiger charge is -2.39. The molecule has 3 fully saturated rings. The molecule has 0 spiro atoms. The first-order valence-electron chi connectivity index (χ1n) is 12.0. The second kappa shape index (κ2) is 9.00. The molecule has 2 aromatic heterocycles. The zero-order chi connectivity index (χ0) is 23.1. The van der Waals surface area contributed by atoms with Gasteiger partial charge in [-0.05, 0) is 75.1 Å². The molecule has 2 saturated heterocycles. The van der Waals surface area contributed by atoms with Crippen LogP contribution < -0.4 is 10.2 Å². The van der Waals surface area contributed by atoms with Crippen molar-refractivity contribution in [2.45, 2.75) is 63.8 Å². The van der Waals surface area contributed by atoms with Crippen molar-refractivity contribution in [1.29, 1.82) is 0 Å². The number of fused-ring (bicyclic) bond motifs is 1. The van der Waals surface area contributed by atoms with Gasteiger partial charge in [0, 0.05) is 31.7 Å². The van der Waals surface area contributed by atoms with Crippen LogP contribution in [0.15, 0.2) is 24.5 Å². The van der Waals surface area contributed by atoms with E-state index in [1.807, 2.05) is 6.20 Å². The molecular formula is C24H31F2N5O2. The van der Waals surface area contributed by atoms with E-state index in [4.69, 9.17) is 0 Å². The summed E-state index contributed by atoms with van der Waals surface area (Å²) in [6.45, 7) is 4.31. The smallest absolute Gasteiger partial charge is 0.300 e. The Morgan fingerprint density at radius 2 is 1.91 bits per heavy atom. The number of hydrogen-bond donors (Lipinski definition) is 1. The Balaban J connectivity index is 1.23. The van der Waals surface area contributed by atoms with E-state index < -0.39 is 18.4 Å². The predicted octanol–water partition coefficient (Wildman–Crippen LogP) is 3.51. The number of alkyl halides is 2. The van der Waals surface area contributed by atoms with Crippen molar-refractivity contribution in [2.75, 3.05) is 24.5 Å². The number of urea groups is 1. The Labute approximate surface area is 192 Å². The molecule has 2 aromatic rings. The normalized spacial score (nSPS) is 31.4. The van der Waals surface area contributed by atoms with Crippen molar-refractivity contribution in [3.8, 4) is 0 Å². The molecule has 9 heteroatoms. The standard InChI is InChI=1S/C24H31F2N5O2/c1-15-8-16(2-5-29(15)14-18-10-19(25)20(26)11-18)9-17-3-7-31-21(12-17)22(13-27-31)30-6-4-23(32)28-24(30)33/h3,7,12-13,15-16,18-20H,2,4-6,8-11,14H2,1H3,(H,28,32,33)/t15-,16+,18?,19-,20+/m0/s1. The monoisotopic (exact) mass is 459 g/mol. The lowest BCUT2D eigenvalue weighted by Crippen LogP contribution is -2.49. The van der Waals surface area contributed by atoms with Gasteiger partial charge in [-0.15, -0.1) is 0 Å². The fourth-order valence-corrected chi connectivity index (χ4v) is 5.76. The van der Waals surface area contributed by atoms with Crippen LogP contribution in [0.2, 0.25) is 0 Å². The maximum Gasteiger partial charge on any atom is 0.328 e. The van der Waals surface area contributed by atoms with E-state index in [0.717, 1.165) is 37.9 Å². The van der Waals surface area contributed by atoms with E-state index in [1.165, 1.54) is 5.56 Å². The minimum Gasteiger partial charge on any atom is -0.300 e. The largest absolute Gasteiger partial charge is 0.328 e. The number of halogens is 2. The molecule has 3 amide bonds. The summed E-state index contributed by atoms with van der Waals surface area (Å²) in [6, 6.07) is 4.14. The zero-order valence-corrected chi connectivity index (χ0v) is 18.9. The van der Waals surface area contributed by atoms with Crippen LogP contribution in [0.4, 0.5) is 19.3 Å². The summed E-state index contributed by atoms with van der Waals surface area (Å²) in [6.07, 6.45) is 5.04. The maximum absolute atomic E-state index is 13.6. The van der Waals surface area contributed by atoms with Crippen LogP contribution in [-0.4, -0.2) is 64.5 Å². The van der Waals surface area contributed by atoms with Crippen molar-refractivity contribution < 1.29 is 18.4 Å². The van der Waals surface area contributed by atoms with Crippen LogP contribution in [0.5, 0.6) is 0 Å². The molecule has 33 heavy (non-hydrogen) atoms. The van der Waals surface area contributed by atoms with Crippen molar-refractivity contribution in [3.63, 3.8) is 0 Å². The first kappa shape index (κ1) is 22.3. The zero-order valence-electron chi connectivity index (χ0n) is 18.9. The van der Waals surface area contributed by atoms with Gasteiger partial charge in [0.25, 0.3) is 0 Å². The fourth-order valence-electron chi connectivity index (χ4n) is 5.76. The third-order valence-electron chi connectivity index (χ3n) is 7.56. The van der Waals surface area contributed by atoms with Crippen molar-refractivity contribution >= 4 is 23.1 Å². The molecule has 178 valence electrons. The molecular weight excluding hydrogens is 428 g/mol. The first-order chi connectivity index (χ1) is 15.9. The summed E-state index contributed by atoms with van der Waals surface area (Å²) in [5.74, 6) is 0.405. The highest BCUT2D eigenvalue weighted by Gasteiger charge is 2.37. The molecule has 1 unspecified atom stereocenters. The van der Waals surface area contributed by atoms with Gasteiger partial charge in [0.15, 0.2) is 0 Å². The molecule has 5 rings (SSSR count). The van der Waals surface area contributed by atoms with Crippen LogP contribution in [-0.2, 0) is 11.2 Å². The number of pyridine rings is 1. The third kappa shape index (κ3) is 4.60. The number of hydrogen-bond acceptors (Lipinski definition) is 4. The van der Waals surface area contributed by atoms with E-state index in [9.17, 15) is 18.4 Å². The number of rotatable bonds is 5. The highest BCUT2D eigenvalue weighted by Crippen LogP contribution is 2.34. The quantitative estimate of drug-likeness (QED) is 0.743. The average molecular weight is 460 g/mol. The molecule has 1 aliphatic carbocycles. The molecule has 5 atom stereocenters. The number of carbonyl (C=O) groups is 2. The molecule has 1 N–H and O–H groups in total. The Kier molecular flexibility index (Phi) is 6.07. The second-order valence-electron chi connectivity index (χ2n) is 9.96. The summed E-state index contributed by atoms with van der Waals surface area (Å²) in [5, 5.41) is 6.73. The number of imide groups is 1. The van der Waals surface area contributed by atoms with Gasteiger partial charge in [0.1, 0.15) is 12.3 Å². The summed E-state index contributed by atoms with van der Waals surface area (Å²) in [7, 11) is 0. The lowest BCUT2D eigenvalue weighted by atomic mass is 9.86. The van der Waals surface area contributed by atoms with E-state index in [1.54, 1.807) is 15.6 Å².